The number of benzene rings is 1. The second-order valence-electron chi connectivity index (χ2n) is 10.8. The number of carbonyl (C=O) groups excluding carboxylic acids is 2. The third-order valence-corrected chi connectivity index (χ3v) is 7.96. The van der Waals surface area contributed by atoms with Crippen molar-refractivity contribution in [3.63, 3.8) is 0 Å². The molecule has 3 N–H and O–H groups in total. The molecule has 3 amide bonds. The Kier molecular flexibility index (Phi) is 6.40. The fourth-order valence-corrected chi connectivity index (χ4v) is 5.60. The number of carbonyl (C=O) groups is 2. The van der Waals surface area contributed by atoms with Crippen LogP contribution in [0.15, 0.2) is 42.6 Å². The van der Waals surface area contributed by atoms with Crippen molar-refractivity contribution in [3.05, 3.63) is 53.7 Å². The van der Waals surface area contributed by atoms with Crippen LogP contribution in [0.3, 0.4) is 0 Å². The van der Waals surface area contributed by atoms with E-state index in [4.69, 9.17) is 5.73 Å². The molecule has 2 saturated heterocycles. The van der Waals surface area contributed by atoms with E-state index in [2.05, 4.69) is 35.1 Å². The molecule has 2 fully saturated rings. The Morgan fingerprint density at radius 3 is 2.63 bits per heavy atom. The quantitative estimate of drug-likeness (QED) is 0.709. The van der Waals surface area contributed by atoms with Crippen molar-refractivity contribution >= 4 is 23.4 Å². The van der Waals surface area contributed by atoms with Gasteiger partial charge in [-0.05, 0) is 54.9 Å². The van der Waals surface area contributed by atoms with Crippen LogP contribution in [0.5, 0.6) is 0 Å². The van der Waals surface area contributed by atoms with Crippen LogP contribution in [0.25, 0.3) is 0 Å². The molecule has 3 aliphatic rings. The number of hydrogen-bond donors (Lipinski definition) is 2. The molecule has 1 unspecified atom stereocenters. The van der Waals surface area contributed by atoms with Gasteiger partial charge in [-0.25, -0.2) is 9.78 Å². The molecule has 4 heterocycles. The number of nitrogens with zero attached hydrogens (tertiary/aromatic N) is 4. The Morgan fingerprint density at radius 1 is 1.09 bits per heavy atom. The van der Waals surface area contributed by atoms with E-state index in [1.807, 2.05) is 34.1 Å². The number of nitrogens with two attached hydrogens (primary N) is 1. The molecule has 0 radical (unpaired) electrons. The minimum atomic E-state index is -0.0906. The summed E-state index contributed by atoms with van der Waals surface area (Å²) in [4.78, 5) is 36.9. The molecule has 1 aromatic carbocycles. The number of hydrogen-bond acceptors (Lipinski definition) is 5. The second-order valence-corrected chi connectivity index (χ2v) is 10.8. The smallest absolute Gasteiger partial charge is 0.322 e. The summed E-state index contributed by atoms with van der Waals surface area (Å²) in [5.74, 6) is 0.874. The Balaban J connectivity index is 1.21. The Morgan fingerprint density at radius 2 is 1.86 bits per heavy atom. The van der Waals surface area contributed by atoms with Crippen LogP contribution in [0, 0.1) is 5.41 Å². The summed E-state index contributed by atoms with van der Waals surface area (Å²) in [7, 11) is 0. The van der Waals surface area contributed by atoms with Crippen LogP contribution < -0.4 is 16.0 Å². The Bertz CT molecular complexity index is 1090. The molecule has 1 atom stereocenters. The lowest BCUT2D eigenvalue weighted by Crippen LogP contribution is -2.54. The number of likely N-dealkylation sites (tertiary alicyclic amines) is 1. The summed E-state index contributed by atoms with van der Waals surface area (Å²) in [6.45, 7) is 7.94. The third kappa shape index (κ3) is 4.85. The fourth-order valence-electron chi connectivity index (χ4n) is 5.60. The Hall–Kier alpha value is -3.13. The van der Waals surface area contributed by atoms with E-state index in [-0.39, 0.29) is 29.4 Å². The topological polar surface area (TPSA) is 94.8 Å². The molecule has 5 rings (SSSR count). The van der Waals surface area contributed by atoms with Crippen LogP contribution in [-0.4, -0.2) is 71.5 Å². The van der Waals surface area contributed by atoms with Crippen molar-refractivity contribution in [2.75, 3.05) is 42.9 Å². The van der Waals surface area contributed by atoms with Crippen LogP contribution in [0.4, 0.5) is 16.3 Å². The van der Waals surface area contributed by atoms with Crippen molar-refractivity contribution in [1.29, 1.82) is 0 Å². The van der Waals surface area contributed by atoms with E-state index in [0.717, 1.165) is 56.8 Å². The first-order valence-electron chi connectivity index (χ1n) is 12.7. The average molecular weight is 477 g/mol. The molecular weight excluding hydrogens is 440 g/mol. The highest BCUT2D eigenvalue weighted by atomic mass is 16.2. The van der Waals surface area contributed by atoms with Gasteiger partial charge in [-0.3, -0.25) is 4.79 Å². The van der Waals surface area contributed by atoms with Crippen LogP contribution in [0.1, 0.15) is 49.0 Å². The molecule has 2 aromatic rings. The van der Waals surface area contributed by atoms with Crippen LogP contribution >= 0.6 is 0 Å². The van der Waals surface area contributed by atoms with Crippen molar-refractivity contribution in [2.45, 2.75) is 51.6 Å². The first-order valence-corrected chi connectivity index (χ1v) is 12.7. The predicted molar refractivity (Wildman–Crippen MR) is 138 cm³/mol. The van der Waals surface area contributed by atoms with Gasteiger partial charge in [0.05, 0.1) is 0 Å². The highest BCUT2D eigenvalue weighted by Gasteiger charge is 2.36. The minimum Gasteiger partial charge on any atom is -0.356 e. The number of anilines is 2. The fraction of sp³-hybridized carbons (Fsp3) is 0.519. The van der Waals surface area contributed by atoms with Crippen molar-refractivity contribution < 1.29 is 9.59 Å². The zero-order chi connectivity index (χ0) is 24.6. The number of para-hydroxylation sites is 1. The summed E-state index contributed by atoms with van der Waals surface area (Å²) in [5.41, 5.74) is 8.94. The van der Waals surface area contributed by atoms with Gasteiger partial charge >= 0.3 is 6.03 Å². The van der Waals surface area contributed by atoms with Gasteiger partial charge in [0.15, 0.2) is 0 Å². The highest BCUT2D eigenvalue weighted by Crippen LogP contribution is 2.30. The third-order valence-electron chi connectivity index (χ3n) is 7.96. The van der Waals surface area contributed by atoms with E-state index >= 15 is 0 Å². The van der Waals surface area contributed by atoms with E-state index in [0.29, 0.717) is 18.7 Å². The number of fused-ring (bicyclic) bond motifs is 1. The van der Waals surface area contributed by atoms with E-state index in [1.54, 1.807) is 12.3 Å². The number of rotatable bonds is 3. The molecule has 0 bridgehead atoms. The first-order chi connectivity index (χ1) is 16.8. The van der Waals surface area contributed by atoms with Crippen LogP contribution in [-0.2, 0) is 6.42 Å². The summed E-state index contributed by atoms with van der Waals surface area (Å²) in [5, 5.41) is 3.08. The highest BCUT2D eigenvalue weighted by molar-refractivity contribution is 5.95. The molecule has 1 aromatic heterocycles. The predicted octanol–water partition coefficient (Wildman–Crippen LogP) is 3.34. The molecule has 186 valence electrons. The van der Waals surface area contributed by atoms with Gasteiger partial charge in [0, 0.05) is 62.3 Å². The molecular formula is C27H36N6O2. The normalized spacial score (nSPS) is 22.9. The number of amides is 3. The number of pyridine rings is 1. The van der Waals surface area contributed by atoms with Crippen molar-refractivity contribution in [1.82, 2.24) is 14.8 Å². The van der Waals surface area contributed by atoms with E-state index in [9.17, 15) is 9.59 Å². The lowest BCUT2D eigenvalue weighted by Gasteiger charge is -2.42. The zero-order valence-electron chi connectivity index (χ0n) is 20.7. The van der Waals surface area contributed by atoms with Gasteiger partial charge in [0.25, 0.3) is 5.91 Å². The lowest BCUT2D eigenvalue weighted by molar-refractivity contribution is 0.0533. The second kappa shape index (κ2) is 9.49. The van der Waals surface area contributed by atoms with Gasteiger partial charge in [0.1, 0.15) is 5.82 Å². The maximum absolute atomic E-state index is 13.2. The number of aromatic nitrogens is 1. The summed E-state index contributed by atoms with van der Waals surface area (Å²) in [6, 6.07) is 12.1. The van der Waals surface area contributed by atoms with Gasteiger partial charge in [-0.15, -0.1) is 0 Å². The summed E-state index contributed by atoms with van der Waals surface area (Å²) in [6.07, 6.45) is 5.16. The summed E-state index contributed by atoms with van der Waals surface area (Å²) < 4.78 is 0. The molecule has 35 heavy (non-hydrogen) atoms. The molecule has 8 nitrogen and oxygen atoms in total. The van der Waals surface area contributed by atoms with Gasteiger partial charge in [-0.2, -0.15) is 0 Å². The SMILES string of the molecule is CC1(C)CN(C(=O)c2ccnc(N3CCC(N4CCc5ccccc5NC4=O)CC3)c2)CCC1N. The first kappa shape index (κ1) is 23.6. The molecule has 8 heteroatoms. The average Bonchev–Trinajstić information content (AvgIpc) is 3.03. The molecule has 0 spiro atoms. The number of piperidine rings is 2. The van der Waals surface area contributed by atoms with Crippen molar-refractivity contribution in [3.8, 4) is 0 Å². The van der Waals surface area contributed by atoms with Gasteiger partial charge in [-0.1, -0.05) is 32.0 Å². The molecule has 3 aliphatic heterocycles. The Labute approximate surface area is 207 Å². The number of urea groups is 1. The van der Waals surface area contributed by atoms with E-state index < -0.39 is 0 Å². The standard InChI is InChI=1S/C27H36N6O2/c1-27(2)18-32(15-11-23(27)28)25(34)20-7-12-29-24(17-20)31-13-9-21(10-14-31)33-16-8-19-5-3-4-6-22(19)30-26(33)35/h3-7,12,17,21,23H,8-11,13-16,18,28H2,1-2H3,(H,30,35). The van der Waals surface area contributed by atoms with E-state index in [1.165, 1.54) is 5.56 Å². The molecule has 0 aliphatic carbocycles. The largest absolute Gasteiger partial charge is 0.356 e. The molecule has 0 saturated carbocycles. The number of nitrogens with one attached hydrogen (secondary N) is 1. The maximum atomic E-state index is 13.2. The van der Waals surface area contributed by atoms with Gasteiger partial charge in [0.2, 0.25) is 0 Å². The van der Waals surface area contributed by atoms with Gasteiger partial charge < -0.3 is 25.8 Å². The van der Waals surface area contributed by atoms with Crippen LogP contribution in [0.2, 0.25) is 0 Å². The monoisotopic (exact) mass is 476 g/mol. The zero-order valence-corrected chi connectivity index (χ0v) is 20.7. The lowest BCUT2D eigenvalue weighted by atomic mass is 9.79. The van der Waals surface area contributed by atoms with Crippen molar-refractivity contribution in [2.24, 2.45) is 11.1 Å². The minimum absolute atomic E-state index is 0.0108. The summed E-state index contributed by atoms with van der Waals surface area (Å²) >= 11 is 0. The maximum Gasteiger partial charge on any atom is 0.322 e.